The maximum atomic E-state index is 14.6. The highest BCUT2D eigenvalue weighted by molar-refractivity contribution is 6.02. The van der Waals surface area contributed by atoms with E-state index in [1.807, 2.05) is 68.7 Å². The molecular formula is C30H27FN6. The first-order valence-corrected chi connectivity index (χ1v) is 12.3. The van der Waals surface area contributed by atoms with Crippen molar-refractivity contribution in [1.29, 1.82) is 0 Å². The quantitative estimate of drug-likeness (QED) is 0.237. The van der Waals surface area contributed by atoms with E-state index in [1.165, 1.54) is 6.07 Å². The Morgan fingerprint density at radius 3 is 2.62 bits per heavy atom. The summed E-state index contributed by atoms with van der Waals surface area (Å²) in [6, 6.07) is 25.4. The molecule has 0 fully saturated rings. The Morgan fingerprint density at radius 1 is 0.865 bits per heavy atom. The molecule has 0 aliphatic heterocycles. The molecule has 6 nitrogen and oxygen atoms in total. The van der Waals surface area contributed by atoms with Crippen LogP contribution < -0.4 is 5.32 Å². The molecule has 7 heteroatoms. The molecule has 0 amide bonds. The molecule has 3 aromatic carbocycles. The minimum absolute atomic E-state index is 0.266. The van der Waals surface area contributed by atoms with Gasteiger partial charge >= 0.3 is 0 Å². The van der Waals surface area contributed by atoms with Gasteiger partial charge in [0, 0.05) is 46.8 Å². The van der Waals surface area contributed by atoms with Gasteiger partial charge in [0.2, 0.25) is 0 Å². The number of H-pyrrole nitrogens is 2. The average Bonchev–Trinajstić information content (AvgIpc) is 3.52. The normalized spacial score (nSPS) is 11.6. The second kappa shape index (κ2) is 9.52. The van der Waals surface area contributed by atoms with Gasteiger partial charge in [-0.15, -0.1) is 0 Å². The third-order valence-electron chi connectivity index (χ3n) is 6.54. The van der Waals surface area contributed by atoms with Gasteiger partial charge in [-0.05, 0) is 79.8 Å². The van der Waals surface area contributed by atoms with Crippen molar-refractivity contribution in [1.82, 2.24) is 25.1 Å². The highest BCUT2D eigenvalue weighted by atomic mass is 19.1. The molecule has 3 heterocycles. The summed E-state index contributed by atoms with van der Waals surface area (Å²) in [7, 11) is 4.04. The number of rotatable bonds is 7. The van der Waals surface area contributed by atoms with Crippen LogP contribution in [0.3, 0.4) is 0 Å². The van der Waals surface area contributed by atoms with Crippen molar-refractivity contribution >= 4 is 27.5 Å². The number of aromatic nitrogens is 4. The number of aromatic amines is 2. The van der Waals surface area contributed by atoms with Crippen LogP contribution in [0.4, 0.5) is 10.1 Å². The highest BCUT2D eigenvalue weighted by Crippen LogP contribution is 2.36. The van der Waals surface area contributed by atoms with Gasteiger partial charge in [0.05, 0.1) is 16.9 Å². The summed E-state index contributed by atoms with van der Waals surface area (Å²) in [5.41, 5.74) is 8.15. The van der Waals surface area contributed by atoms with E-state index in [9.17, 15) is 4.39 Å². The van der Waals surface area contributed by atoms with Crippen LogP contribution in [0.15, 0.2) is 85.1 Å². The van der Waals surface area contributed by atoms with Crippen molar-refractivity contribution in [2.45, 2.75) is 0 Å². The monoisotopic (exact) mass is 490 g/mol. The van der Waals surface area contributed by atoms with Crippen LogP contribution in [-0.4, -0.2) is 52.3 Å². The number of benzene rings is 3. The van der Waals surface area contributed by atoms with Gasteiger partial charge in [0.15, 0.2) is 0 Å². The Hall–Kier alpha value is -4.49. The van der Waals surface area contributed by atoms with Crippen molar-refractivity contribution in [2.24, 2.45) is 0 Å². The number of fused-ring (bicyclic) bond motifs is 2. The van der Waals surface area contributed by atoms with Crippen LogP contribution in [0.5, 0.6) is 0 Å². The number of anilines is 1. The molecule has 0 saturated heterocycles. The van der Waals surface area contributed by atoms with E-state index < -0.39 is 0 Å². The largest absolute Gasteiger partial charge is 0.384 e. The zero-order valence-electron chi connectivity index (χ0n) is 20.7. The Morgan fingerprint density at radius 2 is 1.78 bits per heavy atom. The zero-order valence-corrected chi connectivity index (χ0v) is 20.7. The van der Waals surface area contributed by atoms with Gasteiger partial charge in [-0.3, -0.25) is 10.1 Å². The van der Waals surface area contributed by atoms with E-state index in [2.05, 4.69) is 42.5 Å². The molecule has 184 valence electrons. The maximum Gasteiger partial charge on any atom is 0.125 e. The second-order valence-electron chi connectivity index (χ2n) is 9.46. The molecule has 0 radical (unpaired) electrons. The molecule has 0 aliphatic rings. The number of hydrogen-bond donors (Lipinski definition) is 3. The molecule has 3 N–H and O–H groups in total. The number of likely N-dealkylation sites (N-methyl/N-ethyl adjacent to an activating group) is 1. The van der Waals surface area contributed by atoms with E-state index in [-0.39, 0.29) is 5.82 Å². The third-order valence-corrected chi connectivity index (χ3v) is 6.54. The smallest absolute Gasteiger partial charge is 0.125 e. The molecule has 0 saturated carbocycles. The summed E-state index contributed by atoms with van der Waals surface area (Å²) in [6.45, 7) is 1.60. The molecule has 37 heavy (non-hydrogen) atoms. The molecule has 0 spiro atoms. The van der Waals surface area contributed by atoms with Gasteiger partial charge < -0.3 is 15.2 Å². The van der Waals surface area contributed by atoms with Gasteiger partial charge in [0.1, 0.15) is 11.5 Å². The molecule has 6 rings (SSSR count). The first-order chi connectivity index (χ1) is 18.0. The van der Waals surface area contributed by atoms with Crippen LogP contribution in [0.25, 0.3) is 55.6 Å². The highest BCUT2D eigenvalue weighted by Gasteiger charge is 2.15. The summed E-state index contributed by atoms with van der Waals surface area (Å²) in [6.07, 6.45) is 1.80. The van der Waals surface area contributed by atoms with Crippen LogP contribution in [0.2, 0.25) is 0 Å². The zero-order chi connectivity index (χ0) is 25.4. The minimum Gasteiger partial charge on any atom is -0.384 e. The Balaban J connectivity index is 1.41. The number of hydrogen-bond acceptors (Lipinski definition) is 4. The van der Waals surface area contributed by atoms with E-state index in [1.54, 1.807) is 12.3 Å². The minimum atomic E-state index is -0.266. The maximum absolute atomic E-state index is 14.6. The van der Waals surface area contributed by atoms with Crippen LogP contribution in [0.1, 0.15) is 0 Å². The van der Waals surface area contributed by atoms with Gasteiger partial charge in [0.25, 0.3) is 0 Å². The van der Waals surface area contributed by atoms with Gasteiger partial charge in [-0.25, -0.2) is 4.39 Å². The fourth-order valence-corrected chi connectivity index (χ4v) is 4.72. The summed E-state index contributed by atoms with van der Waals surface area (Å²) in [4.78, 5) is 10.1. The lowest BCUT2D eigenvalue weighted by molar-refractivity contribution is 0.425. The molecule has 6 aromatic rings. The summed E-state index contributed by atoms with van der Waals surface area (Å²) < 4.78 is 14.6. The standard InChI is InChI=1S/C30H27FN6/c1-37(2)13-12-32-22-15-20(14-21(31)17-22)23-6-5-8-27-24(23)18-29(34-27)30-25-16-19(9-10-28(25)35-36-30)26-7-3-4-11-33-26/h3-11,14-18,32,34H,12-13H2,1-2H3,(H,35,36). The van der Waals surface area contributed by atoms with Gasteiger partial charge in [-0.2, -0.15) is 5.10 Å². The number of nitrogens with zero attached hydrogens (tertiary/aromatic N) is 3. The lowest BCUT2D eigenvalue weighted by Crippen LogP contribution is -2.20. The van der Waals surface area contributed by atoms with E-state index in [0.717, 1.165) is 74.4 Å². The van der Waals surface area contributed by atoms with E-state index in [0.29, 0.717) is 0 Å². The molecule has 3 aromatic heterocycles. The summed E-state index contributed by atoms with van der Waals surface area (Å²) >= 11 is 0. The van der Waals surface area contributed by atoms with E-state index >= 15 is 0 Å². The molecule has 0 aliphatic carbocycles. The number of halogens is 1. The molecule has 0 bridgehead atoms. The van der Waals surface area contributed by atoms with E-state index in [4.69, 9.17) is 0 Å². The Labute approximate surface area is 214 Å². The lowest BCUT2D eigenvalue weighted by atomic mass is 10.0. The van der Waals surface area contributed by atoms with Crippen molar-refractivity contribution in [3.8, 4) is 33.8 Å². The van der Waals surface area contributed by atoms with Crippen LogP contribution in [0, 0.1) is 5.82 Å². The van der Waals surface area contributed by atoms with Crippen LogP contribution in [-0.2, 0) is 0 Å². The summed E-state index contributed by atoms with van der Waals surface area (Å²) in [5.74, 6) is -0.266. The molecule has 0 unspecified atom stereocenters. The predicted molar refractivity (Wildman–Crippen MR) is 149 cm³/mol. The van der Waals surface area contributed by atoms with Crippen molar-refractivity contribution in [2.75, 3.05) is 32.5 Å². The second-order valence-corrected chi connectivity index (χ2v) is 9.46. The van der Waals surface area contributed by atoms with Crippen molar-refractivity contribution in [3.05, 3.63) is 90.9 Å². The Bertz CT molecular complexity index is 1700. The van der Waals surface area contributed by atoms with Gasteiger partial charge in [-0.1, -0.05) is 24.3 Å². The van der Waals surface area contributed by atoms with Crippen LogP contribution >= 0.6 is 0 Å². The summed E-state index contributed by atoms with van der Waals surface area (Å²) in [5, 5.41) is 13.1. The molecule has 0 atom stereocenters. The van der Waals surface area contributed by atoms with Crippen molar-refractivity contribution in [3.63, 3.8) is 0 Å². The Kier molecular flexibility index (Phi) is 5.90. The third kappa shape index (κ3) is 4.57. The lowest BCUT2D eigenvalue weighted by Gasteiger charge is -2.13. The first kappa shape index (κ1) is 22.9. The average molecular weight is 491 g/mol. The fourth-order valence-electron chi connectivity index (χ4n) is 4.72. The topological polar surface area (TPSA) is 72.6 Å². The predicted octanol–water partition coefficient (Wildman–Crippen LogP) is 6.55. The first-order valence-electron chi connectivity index (χ1n) is 12.3. The van der Waals surface area contributed by atoms with Crippen molar-refractivity contribution < 1.29 is 4.39 Å². The number of nitrogens with one attached hydrogen (secondary N) is 3. The number of pyridine rings is 1. The fraction of sp³-hybridized carbons (Fsp3) is 0.133. The SMILES string of the molecule is CN(C)CCNc1cc(F)cc(-c2cccc3[nH]c(-c4n[nH]c5ccc(-c6ccccn6)cc45)cc23)c1. The molecular weight excluding hydrogens is 463 g/mol.